The van der Waals surface area contributed by atoms with E-state index in [9.17, 15) is 0 Å². The van der Waals surface area contributed by atoms with Crippen LogP contribution in [-0.4, -0.2) is 23.1 Å². The fourth-order valence-corrected chi connectivity index (χ4v) is 1.70. The van der Waals surface area contributed by atoms with Gasteiger partial charge in [0.1, 0.15) is 11.6 Å². The summed E-state index contributed by atoms with van der Waals surface area (Å²) in [5.74, 6) is 2.45. The predicted octanol–water partition coefficient (Wildman–Crippen LogP) is 3.36. The van der Waals surface area contributed by atoms with Gasteiger partial charge in [-0.05, 0) is 43.7 Å². The quantitative estimate of drug-likeness (QED) is 0.862. The molecule has 1 N–H and O–H groups in total. The van der Waals surface area contributed by atoms with E-state index in [2.05, 4.69) is 22.2 Å². The van der Waals surface area contributed by atoms with Crippen molar-refractivity contribution < 1.29 is 4.74 Å². The van der Waals surface area contributed by atoms with E-state index in [0.29, 0.717) is 0 Å². The molecule has 0 saturated heterocycles. The highest BCUT2D eigenvalue weighted by molar-refractivity contribution is 5.57. The lowest BCUT2D eigenvalue weighted by atomic mass is 10.2. The van der Waals surface area contributed by atoms with Crippen LogP contribution in [0.4, 0.5) is 5.82 Å². The van der Waals surface area contributed by atoms with Gasteiger partial charge in [-0.2, -0.15) is 0 Å². The fraction of sp³-hybridized carbons (Fsp3) is 0.333. The lowest BCUT2D eigenvalue weighted by molar-refractivity contribution is 0.317. The second kappa shape index (κ2) is 6.73. The maximum absolute atomic E-state index is 5.56. The maximum Gasteiger partial charge on any atom is 0.161 e. The van der Waals surface area contributed by atoms with Crippen molar-refractivity contribution in [3.63, 3.8) is 0 Å². The zero-order valence-corrected chi connectivity index (χ0v) is 11.4. The number of rotatable bonds is 6. The molecule has 1 heterocycles. The molecular weight excluding hydrogens is 238 g/mol. The average Bonchev–Trinajstić information content (AvgIpc) is 2.46. The Morgan fingerprint density at radius 2 is 1.89 bits per heavy atom. The molecule has 0 spiro atoms. The molecule has 0 aliphatic carbocycles. The van der Waals surface area contributed by atoms with E-state index in [4.69, 9.17) is 4.74 Å². The van der Waals surface area contributed by atoms with Crippen molar-refractivity contribution in [2.45, 2.75) is 20.3 Å². The van der Waals surface area contributed by atoms with Gasteiger partial charge in [0, 0.05) is 18.3 Å². The van der Waals surface area contributed by atoms with Gasteiger partial charge >= 0.3 is 0 Å². The number of benzene rings is 1. The molecule has 0 bridgehead atoms. The molecule has 0 amide bonds. The molecule has 2 rings (SSSR count). The Bertz CT molecular complexity index is 511. The van der Waals surface area contributed by atoms with Crippen LogP contribution in [0.3, 0.4) is 0 Å². The van der Waals surface area contributed by atoms with Crippen molar-refractivity contribution in [3.8, 4) is 17.1 Å². The van der Waals surface area contributed by atoms with Crippen LogP contribution in [0.15, 0.2) is 36.5 Å². The largest absolute Gasteiger partial charge is 0.494 e. The molecule has 4 nitrogen and oxygen atoms in total. The monoisotopic (exact) mass is 257 g/mol. The molecule has 1 aromatic heterocycles. The van der Waals surface area contributed by atoms with Crippen molar-refractivity contribution in [2.75, 3.05) is 18.5 Å². The van der Waals surface area contributed by atoms with Gasteiger partial charge in [0.2, 0.25) is 0 Å². The van der Waals surface area contributed by atoms with Crippen molar-refractivity contribution >= 4 is 5.82 Å². The van der Waals surface area contributed by atoms with E-state index in [1.165, 1.54) is 0 Å². The summed E-state index contributed by atoms with van der Waals surface area (Å²) < 4.78 is 5.56. The molecule has 2 aromatic rings. The first-order valence-electron chi connectivity index (χ1n) is 6.63. The topological polar surface area (TPSA) is 47.0 Å². The van der Waals surface area contributed by atoms with E-state index in [1.54, 1.807) is 6.20 Å². The molecule has 0 atom stereocenters. The maximum atomic E-state index is 5.56. The first kappa shape index (κ1) is 13.3. The van der Waals surface area contributed by atoms with Gasteiger partial charge in [0.05, 0.1) is 6.61 Å². The minimum atomic E-state index is 0.723. The molecular formula is C15H19N3O. The van der Waals surface area contributed by atoms with Crippen LogP contribution >= 0.6 is 0 Å². The fourth-order valence-electron chi connectivity index (χ4n) is 1.70. The van der Waals surface area contributed by atoms with Crippen molar-refractivity contribution in [2.24, 2.45) is 0 Å². The Labute approximate surface area is 113 Å². The smallest absolute Gasteiger partial charge is 0.161 e. The Morgan fingerprint density at radius 1 is 1.11 bits per heavy atom. The van der Waals surface area contributed by atoms with E-state index in [-0.39, 0.29) is 0 Å². The third kappa shape index (κ3) is 3.68. The number of hydrogen-bond donors (Lipinski definition) is 1. The predicted molar refractivity (Wildman–Crippen MR) is 77.4 cm³/mol. The summed E-state index contributed by atoms with van der Waals surface area (Å²) in [7, 11) is 0. The second-order valence-corrected chi connectivity index (χ2v) is 4.17. The van der Waals surface area contributed by atoms with Gasteiger partial charge in [-0.15, -0.1) is 0 Å². The van der Waals surface area contributed by atoms with Crippen LogP contribution in [0, 0.1) is 0 Å². The normalized spacial score (nSPS) is 10.2. The SMILES string of the molecule is CCCOc1ccc(-c2nccc(NCC)n2)cc1. The van der Waals surface area contributed by atoms with Crippen LogP contribution in [0.1, 0.15) is 20.3 Å². The minimum absolute atomic E-state index is 0.723. The summed E-state index contributed by atoms with van der Waals surface area (Å²) in [4.78, 5) is 8.75. The summed E-state index contributed by atoms with van der Waals surface area (Å²) >= 11 is 0. The highest BCUT2D eigenvalue weighted by Gasteiger charge is 2.02. The second-order valence-electron chi connectivity index (χ2n) is 4.17. The Balaban J connectivity index is 2.14. The molecule has 0 aliphatic rings. The van der Waals surface area contributed by atoms with E-state index >= 15 is 0 Å². The zero-order chi connectivity index (χ0) is 13.5. The number of nitrogens with one attached hydrogen (secondary N) is 1. The third-order valence-electron chi connectivity index (χ3n) is 2.60. The first-order chi connectivity index (χ1) is 9.33. The minimum Gasteiger partial charge on any atom is -0.494 e. The number of hydrogen-bond acceptors (Lipinski definition) is 4. The molecule has 0 fully saturated rings. The lowest BCUT2D eigenvalue weighted by Gasteiger charge is -2.07. The highest BCUT2D eigenvalue weighted by Crippen LogP contribution is 2.20. The first-order valence-corrected chi connectivity index (χ1v) is 6.63. The molecule has 0 aliphatic heterocycles. The van der Waals surface area contributed by atoms with Crippen LogP contribution in [0.2, 0.25) is 0 Å². The summed E-state index contributed by atoms with van der Waals surface area (Å²) in [5, 5.41) is 3.18. The zero-order valence-electron chi connectivity index (χ0n) is 11.4. The van der Waals surface area contributed by atoms with E-state index in [0.717, 1.165) is 42.5 Å². The molecule has 19 heavy (non-hydrogen) atoms. The summed E-state index contributed by atoms with van der Waals surface area (Å²) in [6, 6.07) is 9.74. The van der Waals surface area contributed by atoms with Crippen LogP contribution in [0.25, 0.3) is 11.4 Å². The van der Waals surface area contributed by atoms with Gasteiger partial charge < -0.3 is 10.1 Å². The van der Waals surface area contributed by atoms with Crippen molar-refractivity contribution in [3.05, 3.63) is 36.5 Å². The lowest BCUT2D eigenvalue weighted by Crippen LogP contribution is -2.00. The molecule has 0 unspecified atom stereocenters. The molecule has 0 radical (unpaired) electrons. The number of nitrogens with zero attached hydrogens (tertiary/aromatic N) is 2. The number of ether oxygens (including phenoxy) is 1. The van der Waals surface area contributed by atoms with Crippen LogP contribution in [0.5, 0.6) is 5.75 Å². The number of aromatic nitrogens is 2. The number of anilines is 1. The molecule has 4 heteroatoms. The molecule has 100 valence electrons. The summed E-state index contributed by atoms with van der Waals surface area (Å²) in [5.41, 5.74) is 0.989. The van der Waals surface area contributed by atoms with Crippen LogP contribution in [-0.2, 0) is 0 Å². The standard InChI is InChI=1S/C15H19N3O/c1-3-11-19-13-7-5-12(6-8-13)15-17-10-9-14(18-15)16-4-2/h5-10H,3-4,11H2,1-2H3,(H,16,17,18). The highest BCUT2D eigenvalue weighted by atomic mass is 16.5. The van der Waals surface area contributed by atoms with Gasteiger partial charge in [0.15, 0.2) is 5.82 Å². The van der Waals surface area contributed by atoms with Gasteiger partial charge in [-0.3, -0.25) is 0 Å². The van der Waals surface area contributed by atoms with Gasteiger partial charge in [-0.1, -0.05) is 6.92 Å². The van der Waals surface area contributed by atoms with E-state index in [1.807, 2.05) is 37.3 Å². The Morgan fingerprint density at radius 3 is 2.58 bits per heavy atom. The Hall–Kier alpha value is -2.10. The van der Waals surface area contributed by atoms with Gasteiger partial charge in [-0.25, -0.2) is 9.97 Å². The Kier molecular flexibility index (Phi) is 4.72. The van der Waals surface area contributed by atoms with Crippen LogP contribution < -0.4 is 10.1 Å². The third-order valence-corrected chi connectivity index (χ3v) is 2.60. The summed E-state index contributed by atoms with van der Waals surface area (Å²) in [6.45, 7) is 5.72. The van der Waals surface area contributed by atoms with E-state index < -0.39 is 0 Å². The van der Waals surface area contributed by atoms with Crippen molar-refractivity contribution in [1.29, 1.82) is 0 Å². The molecule has 1 aromatic carbocycles. The van der Waals surface area contributed by atoms with Gasteiger partial charge in [0.25, 0.3) is 0 Å². The average molecular weight is 257 g/mol. The summed E-state index contributed by atoms with van der Waals surface area (Å²) in [6.07, 6.45) is 2.78. The van der Waals surface area contributed by atoms with Crippen molar-refractivity contribution in [1.82, 2.24) is 9.97 Å². The molecule has 0 saturated carbocycles.